The Morgan fingerprint density at radius 1 is 1.16 bits per heavy atom. The number of piperazine rings is 1. The molecule has 2 fully saturated rings. The molecule has 1 N–H and O–H groups in total. The van der Waals surface area contributed by atoms with Gasteiger partial charge in [0, 0.05) is 38.1 Å². The zero-order valence-corrected chi connectivity index (χ0v) is 17.8. The lowest BCUT2D eigenvalue weighted by Gasteiger charge is -2.40. The van der Waals surface area contributed by atoms with Crippen LogP contribution in [0.3, 0.4) is 0 Å². The van der Waals surface area contributed by atoms with Crippen LogP contribution in [0.4, 0.5) is 18.9 Å². The van der Waals surface area contributed by atoms with Crippen molar-refractivity contribution in [3.05, 3.63) is 29.8 Å². The molecule has 2 aliphatic heterocycles. The van der Waals surface area contributed by atoms with Gasteiger partial charge in [-0.25, -0.2) is 0 Å². The van der Waals surface area contributed by atoms with Crippen LogP contribution < -0.4 is 14.9 Å². The number of anilines is 1. The average molecular weight is 441 g/mol. The topological polar surface area (TPSA) is 68.1 Å². The lowest BCUT2D eigenvalue weighted by Crippen LogP contribution is -3.15. The molecule has 9 heteroatoms. The smallest absolute Gasteiger partial charge is 0.416 e. The van der Waals surface area contributed by atoms with Gasteiger partial charge in [-0.15, -0.1) is 0 Å². The minimum absolute atomic E-state index is 0.0129. The molecule has 1 aromatic rings. The number of quaternary nitrogens is 1. The normalized spacial score (nSPS) is 23.1. The second-order valence-electron chi connectivity index (χ2n) is 8.67. The SMILES string of the molecule is CC(=O)N1CC[C@@H](CC(=O)[O-])[C@@H](CC[NH+]2CCN(c3cccc(C(F)(F)F)c3)CC2)C1. The molecule has 0 unspecified atom stereocenters. The number of nitrogens with one attached hydrogen (secondary N) is 1. The van der Waals surface area contributed by atoms with Crippen LogP contribution in [0.1, 0.15) is 31.7 Å². The van der Waals surface area contributed by atoms with Gasteiger partial charge in [-0.1, -0.05) is 6.07 Å². The number of hydrogen-bond donors (Lipinski definition) is 1. The number of carboxylic acid groups (broad SMARTS) is 1. The number of nitrogens with zero attached hydrogens (tertiary/aromatic N) is 2. The first-order valence-corrected chi connectivity index (χ1v) is 10.8. The van der Waals surface area contributed by atoms with Crippen molar-refractivity contribution in [1.29, 1.82) is 0 Å². The van der Waals surface area contributed by atoms with Crippen LogP contribution >= 0.6 is 0 Å². The van der Waals surface area contributed by atoms with Crippen molar-refractivity contribution in [2.45, 2.75) is 32.4 Å². The Bertz CT molecular complexity index is 779. The summed E-state index contributed by atoms with van der Waals surface area (Å²) < 4.78 is 38.9. The highest BCUT2D eigenvalue weighted by Crippen LogP contribution is 2.32. The van der Waals surface area contributed by atoms with Crippen molar-refractivity contribution in [1.82, 2.24) is 4.90 Å². The summed E-state index contributed by atoms with van der Waals surface area (Å²) in [4.78, 5) is 28.0. The first-order valence-electron chi connectivity index (χ1n) is 10.8. The van der Waals surface area contributed by atoms with Crippen LogP contribution in [0, 0.1) is 11.8 Å². The summed E-state index contributed by atoms with van der Waals surface area (Å²) in [5.74, 6) is -0.886. The fourth-order valence-corrected chi connectivity index (χ4v) is 4.78. The third-order valence-electron chi connectivity index (χ3n) is 6.64. The molecule has 0 aliphatic carbocycles. The number of benzene rings is 1. The summed E-state index contributed by atoms with van der Waals surface area (Å²) in [6, 6.07) is 5.44. The number of halogens is 3. The number of likely N-dealkylation sites (tertiary alicyclic amines) is 1. The van der Waals surface area contributed by atoms with E-state index in [1.807, 2.05) is 4.90 Å². The van der Waals surface area contributed by atoms with E-state index in [9.17, 15) is 27.9 Å². The number of hydrogen-bond acceptors (Lipinski definition) is 4. The number of aliphatic carboxylic acids is 1. The molecule has 2 atom stereocenters. The van der Waals surface area contributed by atoms with Crippen LogP contribution in [0.5, 0.6) is 0 Å². The molecule has 172 valence electrons. The fourth-order valence-electron chi connectivity index (χ4n) is 4.78. The molecule has 0 spiro atoms. The lowest BCUT2D eigenvalue weighted by atomic mass is 9.81. The van der Waals surface area contributed by atoms with Crippen molar-refractivity contribution in [3.63, 3.8) is 0 Å². The van der Waals surface area contributed by atoms with E-state index in [-0.39, 0.29) is 24.2 Å². The first-order chi connectivity index (χ1) is 14.6. The zero-order chi connectivity index (χ0) is 22.6. The number of alkyl halides is 3. The predicted molar refractivity (Wildman–Crippen MR) is 107 cm³/mol. The number of carbonyl (C=O) groups is 2. The van der Waals surface area contributed by atoms with Crippen LogP contribution in [0.25, 0.3) is 0 Å². The van der Waals surface area contributed by atoms with Gasteiger partial charge in [0.25, 0.3) is 0 Å². The summed E-state index contributed by atoms with van der Waals surface area (Å²) >= 11 is 0. The minimum atomic E-state index is -4.35. The van der Waals surface area contributed by atoms with Gasteiger partial charge in [0.1, 0.15) is 0 Å². The summed E-state index contributed by atoms with van der Waals surface area (Å²) in [6.45, 7) is 6.52. The van der Waals surface area contributed by atoms with Crippen molar-refractivity contribution in [2.75, 3.05) is 50.7 Å². The number of carbonyl (C=O) groups excluding carboxylic acids is 2. The van der Waals surface area contributed by atoms with Crippen LogP contribution in [0.15, 0.2) is 24.3 Å². The van der Waals surface area contributed by atoms with Crippen molar-refractivity contribution < 1.29 is 32.8 Å². The van der Waals surface area contributed by atoms with Crippen LogP contribution in [-0.2, 0) is 15.8 Å². The van der Waals surface area contributed by atoms with Gasteiger partial charge in [0.15, 0.2) is 0 Å². The average Bonchev–Trinajstić information content (AvgIpc) is 2.72. The molecule has 2 heterocycles. The van der Waals surface area contributed by atoms with Gasteiger partial charge >= 0.3 is 6.18 Å². The maximum atomic E-state index is 13.0. The molecule has 0 radical (unpaired) electrons. The van der Waals surface area contributed by atoms with Gasteiger partial charge in [-0.05, 0) is 42.9 Å². The number of carboxylic acids is 1. The highest BCUT2D eigenvalue weighted by Gasteiger charge is 2.33. The fraction of sp³-hybridized carbons (Fsp3) is 0.636. The maximum absolute atomic E-state index is 13.0. The highest BCUT2D eigenvalue weighted by molar-refractivity contribution is 5.73. The lowest BCUT2D eigenvalue weighted by molar-refractivity contribution is -0.901. The molecule has 31 heavy (non-hydrogen) atoms. The Labute approximate surface area is 180 Å². The number of amides is 1. The van der Waals surface area contributed by atoms with E-state index in [0.717, 1.165) is 32.1 Å². The largest absolute Gasteiger partial charge is 0.550 e. The molecule has 0 aromatic heterocycles. The molecule has 1 amide bonds. The van der Waals surface area contributed by atoms with Crippen molar-refractivity contribution in [3.8, 4) is 0 Å². The molecular formula is C22H30F3N3O3. The molecule has 0 saturated carbocycles. The minimum Gasteiger partial charge on any atom is -0.550 e. The second-order valence-corrected chi connectivity index (χ2v) is 8.67. The molecular weight excluding hydrogens is 411 g/mol. The standard InChI is InChI=1S/C22H30F3N3O3/c1-16(29)28-8-6-17(13-21(30)31)18(15-28)5-7-26-9-11-27(12-10-26)20-4-2-3-19(14-20)22(23,24)25/h2-4,14,17-18H,5-13,15H2,1H3,(H,30,31)/t17-,18-/m0/s1. The van der Waals surface area contributed by atoms with Crippen LogP contribution in [-0.4, -0.2) is 62.6 Å². The van der Waals surface area contributed by atoms with Gasteiger partial charge < -0.3 is 24.6 Å². The Morgan fingerprint density at radius 2 is 1.87 bits per heavy atom. The van der Waals surface area contributed by atoms with E-state index in [1.165, 1.54) is 24.0 Å². The molecule has 2 saturated heterocycles. The van der Waals surface area contributed by atoms with E-state index >= 15 is 0 Å². The molecule has 1 aromatic carbocycles. The Balaban J connectivity index is 1.53. The van der Waals surface area contributed by atoms with E-state index in [0.29, 0.717) is 38.3 Å². The zero-order valence-electron chi connectivity index (χ0n) is 17.8. The molecule has 6 nitrogen and oxygen atoms in total. The number of rotatable bonds is 6. The number of piperidine rings is 1. The molecule has 2 aliphatic rings. The Hall–Kier alpha value is -2.29. The summed E-state index contributed by atoms with van der Waals surface area (Å²) in [5.41, 5.74) is -0.0432. The van der Waals surface area contributed by atoms with E-state index in [4.69, 9.17) is 0 Å². The van der Waals surface area contributed by atoms with Gasteiger partial charge in [0.05, 0.1) is 38.3 Å². The Morgan fingerprint density at radius 3 is 2.48 bits per heavy atom. The third kappa shape index (κ3) is 6.35. The second kappa shape index (κ2) is 9.89. The quantitative estimate of drug-likeness (QED) is 0.695. The highest BCUT2D eigenvalue weighted by atomic mass is 19.4. The molecule has 0 bridgehead atoms. The summed E-state index contributed by atoms with van der Waals surface area (Å²) in [7, 11) is 0. The third-order valence-corrected chi connectivity index (χ3v) is 6.64. The van der Waals surface area contributed by atoms with Gasteiger partial charge in [0.2, 0.25) is 5.91 Å². The van der Waals surface area contributed by atoms with E-state index in [2.05, 4.69) is 0 Å². The van der Waals surface area contributed by atoms with Gasteiger partial charge in [-0.3, -0.25) is 4.79 Å². The predicted octanol–water partition coefficient (Wildman–Crippen LogP) is 0.425. The van der Waals surface area contributed by atoms with Gasteiger partial charge in [-0.2, -0.15) is 13.2 Å². The van der Waals surface area contributed by atoms with Crippen molar-refractivity contribution >= 4 is 17.6 Å². The Kier molecular flexibility index (Phi) is 7.46. The van der Waals surface area contributed by atoms with E-state index in [1.54, 1.807) is 11.0 Å². The monoisotopic (exact) mass is 441 g/mol. The van der Waals surface area contributed by atoms with Crippen molar-refractivity contribution in [2.24, 2.45) is 11.8 Å². The van der Waals surface area contributed by atoms with Crippen LogP contribution in [0.2, 0.25) is 0 Å². The maximum Gasteiger partial charge on any atom is 0.416 e. The van der Waals surface area contributed by atoms with E-state index < -0.39 is 17.7 Å². The first kappa shape index (κ1) is 23.4. The summed E-state index contributed by atoms with van der Waals surface area (Å²) in [6.07, 6.45) is -2.83. The summed E-state index contributed by atoms with van der Waals surface area (Å²) in [5, 5.41) is 11.1. The molecule has 3 rings (SSSR count).